The number of anilines is 3. The molecule has 33 heavy (non-hydrogen) atoms. The van der Waals surface area contributed by atoms with E-state index in [9.17, 15) is 21.6 Å². The Morgan fingerprint density at radius 3 is 1.91 bits per heavy atom. The molecule has 3 aromatic rings. The van der Waals surface area contributed by atoms with E-state index in [-0.39, 0.29) is 11.4 Å². The van der Waals surface area contributed by atoms with Crippen LogP contribution < -0.4 is 14.3 Å². The Kier molecular flexibility index (Phi) is 7.31. The predicted octanol–water partition coefficient (Wildman–Crippen LogP) is 4.18. The van der Waals surface area contributed by atoms with E-state index in [1.807, 2.05) is 0 Å². The molecule has 3 rings (SSSR count). The fraction of sp³-hybridized carbons (Fsp3) is 0.136. The second kappa shape index (κ2) is 9.82. The lowest BCUT2D eigenvalue weighted by atomic mass is 10.2. The number of carbonyl (C=O) groups excluding carboxylic acids is 1. The smallest absolute Gasteiger partial charge is 0.261 e. The maximum Gasteiger partial charge on any atom is 0.261 e. The van der Waals surface area contributed by atoms with Gasteiger partial charge in [0, 0.05) is 28.5 Å². The summed E-state index contributed by atoms with van der Waals surface area (Å²) in [5.41, 5.74) is 1.56. The summed E-state index contributed by atoms with van der Waals surface area (Å²) in [7, 11) is -7.23. The van der Waals surface area contributed by atoms with Crippen LogP contribution in [0.5, 0.6) is 0 Å². The van der Waals surface area contributed by atoms with Gasteiger partial charge in [-0.1, -0.05) is 11.6 Å². The SMILES string of the molecule is CCN(c1ccc(C(=O)Nc2ccc(S(=O)(=O)Nc3ccc(Cl)cc3)cc2)cc1)S(C)(=O)=O. The maximum atomic E-state index is 12.5. The van der Waals surface area contributed by atoms with Gasteiger partial charge in [-0.15, -0.1) is 0 Å². The molecule has 3 aromatic carbocycles. The van der Waals surface area contributed by atoms with Crippen molar-refractivity contribution in [3.63, 3.8) is 0 Å². The zero-order valence-electron chi connectivity index (χ0n) is 17.8. The van der Waals surface area contributed by atoms with Gasteiger partial charge in [-0.05, 0) is 79.7 Å². The van der Waals surface area contributed by atoms with Gasteiger partial charge < -0.3 is 5.32 Å². The van der Waals surface area contributed by atoms with Crippen molar-refractivity contribution in [2.24, 2.45) is 0 Å². The highest BCUT2D eigenvalue weighted by atomic mass is 35.5. The van der Waals surface area contributed by atoms with Crippen LogP contribution in [0.2, 0.25) is 5.02 Å². The molecule has 2 N–H and O–H groups in total. The summed E-state index contributed by atoms with van der Waals surface area (Å²) in [6.45, 7) is 1.99. The molecule has 0 atom stereocenters. The molecule has 1 amide bonds. The molecule has 0 radical (unpaired) electrons. The average molecular weight is 508 g/mol. The molecule has 0 saturated heterocycles. The number of sulfonamides is 2. The van der Waals surface area contributed by atoms with Gasteiger partial charge in [0.1, 0.15) is 0 Å². The highest BCUT2D eigenvalue weighted by molar-refractivity contribution is 7.92. The monoisotopic (exact) mass is 507 g/mol. The first kappa shape index (κ1) is 24.6. The molecule has 0 aliphatic rings. The van der Waals surface area contributed by atoms with E-state index in [1.165, 1.54) is 40.7 Å². The van der Waals surface area contributed by atoms with Crippen LogP contribution in [-0.4, -0.2) is 35.5 Å². The van der Waals surface area contributed by atoms with Gasteiger partial charge >= 0.3 is 0 Å². The Bertz CT molecular complexity index is 1340. The Morgan fingerprint density at radius 1 is 0.848 bits per heavy atom. The Balaban J connectivity index is 1.69. The summed E-state index contributed by atoms with van der Waals surface area (Å²) >= 11 is 5.81. The number of nitrogens with one attached hydrogen (secondary N) is 2. The lowest BCUT2D eigenvalue weighted by Gasteiger charge is -2.20. The highest BCUT2D eigenvalue weighted by Gasteiger charge is 2.17. The Hall–Kier alpha value is -3.08. The van der Waals surface area contributed by atoms with Crippen molar-refractivity contribution in [3.8, 4) is 0 Å². The van der Waals surface area contributed by atoms with Gasteiger partial charge in [0.2, 0.25) is 10.0 Å². The van der Waals surface area contributed by atoms with E-state index >= 15 is 0 Å². The van der Waals surface area contributed by atoms with Crippen LogP contribution in [0.15, 0.2) is 77.7 Å². The van der Waals surface area contributed by atoms with Crippen molar-refractivity contribution < 1.29 is 21.6 Å². The minimum absolute atomic E-state index is 0.0280. The zero-order valence-corrected chi connectivity index (χ0v) is 20.2. The van der Waals surface area contributed by atoms with Crippen LogP contribution >= 0.6 is 11.6 Å². The lowest BCUT2D eigenvalue weighted by molar-refractivity contribution is 0.102. The highest BCUT2D eigenvalue weighted by Crippen LogP contribution is 2.21. The lowest BCUT2D eigenvalue weighted by Crippen LogP contribution is -2.29. The summed E-state index contributed by atoms with van der Waals surface area (Å²) in [6.07, 6.45) is 1.12. The molecule has 0 aliphatic carbocycles. The fourth-order valence-electron chi connectivity index (χ4n) is 3.04. The summed E-state index contributed by atoms with van der Waals surface area (Å²) < 4.78 is 52.4. The molecule has 0 aliphatic heterocycles. The number of benzene rings is 3. The first-order valence-corrected chi connectivity index (χ1v) is 13.5. The number of hydrogen-bond acceptors (Lipinski definition) is 5. The number of nitrogens with zero attached hydrogens (tertiary/aromatic N) is 1. The number of hydrogen-bond donors (Lipinski definition) is 2. The second-order valence-corrected chi connectivity index (χ2v) is 11.1. The molecule has 174 valence electrons. The van der Waals surface area contributed by atoms with Crippen LogP contribution in [0, 0.1) is 0 Å². The second-order valence-electron chi connectivity index (χ2n) is 7.07. The molecule has 11 heteroatoms. The van der Waals surface area contributed by atoms with Crippen LogP contribution in [0.4, 0.5) is 17.1 Å². The van der Waals surface area contributed by atoms with Crippen molar-refractivity contribution in [3.05, 3.63) is 83.4 Å². The molecule has 0 heterocycles. The van der Waals surface area contributed by atoms with E-state index in [0.717, 1.165) is 6.26 Å². The maximum absolute atomic E-state index is 12.5. The molecule has 0 aromatic heterocycles. The van der Waals surface area contributed by atoms with Gasteiger partial charge in [-0.2, -0.15) is 0 Å². The average Bonchev–Trinajstić information content (AvgIpc) is 2.75. The summed E-state index contributed by atoms with van der Waals surface area (Å²) in [4.78, 5) is 12.6. The van der Waals surface area contributed by atoms with E-state index in [0.29, 0.717) is 27.6 Å². The topological polar surface area (TPSA) is 113 Å². The van der Waals surface area contributed by atoms with E-state index in [1.54, 1.807) is 43.3 Å². The summed E-state index contributed by atoms with van der Waals surface area (Å²) in [5.74, 6) is -0.418. The van der Waals surface area contributed by atoms with Crippen molar-refractivity contribution in [1.29, 1.82) is 0 Å². The number of carbonyl (C=O) groups is 1. The molecule has 8 nitrogen and oxygen atoms in total. The largest absolute Gasteiger partial charge is 0.322 e. The third kappa shape index (κ3) is 6.25. The predicted molar refractivity (Wildman–Crippen MR) is 131 cm³/mol. The Morgan fingerprint density at radius 2 is 1.39 bits per heavy atom. The van der Waals surface area contributed by atoms with Gasteiger partial charge in [0.05, 0.1) is 16.8 Å². The standard InChI is InChI=1S/C22H22ClN3O5S2/c1-3-26(32(2,28)29)20-12-4-16(5-13-20)22(27)24-18-10-14-21(15-11-18)33(30,31)25-19-8-6-17(23)7-9-19/h4-15,25H,3H2,1-2H3,(H,24,27). The van der Waals surface area contributed by atoms with E-state index in [2.05, 4.69) is 10.0 Å². The summed E-state index contributed by atoms with van der Waals surface area (Å²) in [6, 6.07) is 18.1. The molecule has 0 unspecified atom stereocenters. The first-order chi connectivity index (χ1) is 15.5. The third-order valence-corrected chi connectivity index (χ3v) is 7.54. The van der Waals surface area contributed by atoms with Crippen molar-refractivity contribution in [2.75, 3.05) is 27.1 Å². The molecule has 0 spiro atoms. The van der Waals surface area contributed by atoms with Gasteiger partial charge in [0.25, 0.3) is 15.9 Å². The number of amides is 1. The number of halogens is 1. The number of rotatable bonds is 8. The van der Waals surface area contributed by atoms with Crippen molar-refractivity contribution in [2.45, 2.75) is 11.8 Å². The first-order valence-electron chi connectivity index (χ1n) is 9.77. The van der Waals surface area contributed by atoms with Crippen LogP contribution in [-0.2, 0) is 20.0 Å². The third-order valence-electron chi connectivity index (χ3n) is 4.62. The van der Waals surface area contributed by atoms with Crippen LogP contribution in [0.3, 0.4) is 0 Å². The van der Waals surface area contributed by atoms with Crippen LogP contribution in [0.25, 0.3) is 0 Å². The molecular weight excluding hydrogens is 486 g/mol. The van der Waals surface area contributed by atoms with Crippen molar-refractivity contribution >= 4 is 54.6 Å². The molecule has 0 fully saturated rings. The molecule has 0 bridgehead atoms. The normalized spacial score (nSPS) is 11.6. The van der Waals surface area contributed by atoms with E-state index in [4.69, 9.17) is 11.6 Å². The minimum Gasteiger partial charge on any atom is -0.322 e. The van der Waals surface area contributed by atoms with Gasteiger partial charge in [-0.25, -0.2) is 16.8 Å². The van der Waals surface area contributed by atoms with Gasteiger partial charge in [0.15, 0.2) is 0 Å². The van der Waals surface area contributed by atoms with Crippen LogP contribution in [0.1, 0.15) is 17.3 Å². The minimum atomic E-state index is -3.81. The molecular formula is C22H22ClN3O5S2. The van der Waals surface area contributed by atoms with Gasteiger partial charge in [-0.3, -0.25) is 13.8 Å². The summed E-state index contributed by atoms with van der Waals surface area (Å²) in [5, 5.41) is 3.18. The molecule has 0 saturated carbocycles. The van der Waals surface area contributed by atoms with E-state index < -0.39 is 26.0 Å². The van der Waals surface area contributed by atoms with Crippen molar-refractivity contribution in [1.82, 2.24) is 0 Å². The fourth-order valence-corrected chi connectivity index (χ4v) is 5.20. The zero-order chi connectivity index (χ0) is 24.2. The Labute approximate surface area is 198 Å². The quantitative estimate of drug-likeness (QED) is 0.475.